The Morgan fingerprint density at radius 1 is 0.828 bits per heavy atom. The molecule has 0 aliphatic carbocycles. The summed E-state index contributed by atoms with van der Waals surface area (Å²) in [6.45, 7) is 13.3. The highest BCUT2D eigenvalue weighted by molar-refractivity contribution is 5.28. The summed E-state index contributed by atoms with van der Waals surface area (Å²) in [5.74, 6) is 0. The third kappa shape index (κ3) is 9.17. The second-order valence-electron chi connectivity index (χ2n) is 9.52. The van der Waals surface area contributed by atoms with Crippen LogP contribution in [0.25, 0.3) is 0 Å². The molecule has 0 N–H and O–H groups in total. The van der Waals surface area contributed by atoms with E-state index >= 15 is 0 Å². The molecule has 1 aliphatic rings. The third-order valence-corrected chi connectivity index (χ3v) is 5.99. The lowest BCUT2D eigenvalue weighted by molar-refractivity contribution is 0.320. The predicted octanol–water partition coefficient (Wildman–Crippen LogP) is 8.15. The lowest BCUT2D eigenvalue weighted by Crippen LogP contribution is -2.02. The van der Waals surface area contributed by atoms with Crippen LogP contribution in [0.5, 0.6) is 0 Å². The van der Waals surface area contributed by atoms with Gasteiger partial charge in [-0.15, -0.1) is 0 Å². The van der Waals surface area contributed by atoms with Crippen molar-refractivity contribution in [3.8, 4) is 0 Å². The summed E-state index contributed by atoms with van der Waals surface area (Å²) in [5.41, 5.74) is 7.59. The topological polar surface area (TPSA) is 12.5 Å². The number of allylic oxidation sites excluding steroid dienone is 6. The number of rotatable bonds is 12. The maximum atomic E-state index is 5.70. The molecule has 1 saturated heterocycles. The van der Waals surface area contributed by atoms with Gasteiger partial charge in [0.1, 0.15) is 0 Å². The molecule has 1 fully saturated rings. The Kier molecular flexibility index (Phi) is 9.43. The van der Waals surface area contributed by atoms with Crippen LogP contribution in [0.2, 0.25) is 0 Å². The molecule has 29 heavy (non-hydrogen) atoms. The molecule has 0 bridgehead atoms. The summed E-state index contributed by atoms with van der Waals surface area (Å²) in [4.78, 5) is 0. The number of benzene rings is 1. The van der Waals surface area contributed by atoms with Gasteiger partial charge in [-0.1, -0.05) is 59.2 Å². The van der Waals surface area contributed by atoms with Gasteiger partial charge in [0.05, 0.1) is 11.7 Å². The smallest absolute Gasteiger partial charge is 0.0892 e. The summed E-state index contributed by atoms with van der Waals surface area (Å²) in [6, 6.07) is 8.99. The van der Waals surface area contributed by atoms with Crippen molar-refractivity contribution in [2.75, 3.05) is 0 Å². The van der Waals surface area contributed by atoms with E-state index < -0.39 is 0 Å². The van der Waals surface area contributed by atoms with E-state index in [9.17, 15) is 0 Å². The van der Waals surface area contributed by atoms with Crippen LogP contribution in [0.4, 0.5) is 0 Å². The number of aryl methyl sites for hydroxylation is 2. The van der Waals surface area contributed by atoms with Gasteiger partial charge in [-0.2, -0.15) is 0 Å². The van der Waals surface area contributed by atoms with E-state index in [4.69, 9.17) is 4.74 Å². The Morgan fingerprint density at radius 3 is 1.83 bits per heavy atom. The standard InChI is InChI=1S/C28H42O/c1-22(2)12-9-13-23(3)14-10-18-25-16-7-8-17-26(25)19-11-15-24(4)20-21-27-28(5,6)29-27/h7-8,12,14-17,27H,9-11,13,18-21H2,1-6H3/b23-14+,24-15+/t27-/m0/s1. The molecular formula is C28H42O. The molecule has 1 heterocycles. The van der Waals surface area contributed by atoms with Gasteiger partial charge in [0.25, 0.3) is 0 Å². The summed E-state index contributed by atoms with van der Waals surface area (Å²) >= 11 is 0. The Morgan fingerprint density at radius 2 is 1.34 bits per heavy atom. The van der Waals surface area contributed by atoms with E-state index in [2.05, 4.69) is 84.0 Å². The SMILES string of the molecule is CC(C)=CCC/C(C)=C/CCc1ccccc1CC/C=C(\C)CC[C@@H]1OC1(C)C. The molecule has 1 atom stereocenters. The molecule has 0 aromatic heterocycles. The van der Waals surface area contributed by atoms with Crippen LogP contribution in [0, 0.1) is 0 Å². The Balaban J connectivity index is 1.76. The van der Waals surface area contributed by atoms with E-state index in [0.29, 0.717) is 6.10 Å². The highest BCUT2D eigenvalue weighted by Crippen LogP contribution is 2.38. The fourth-order valence-corrected chi connectivity index (χ4v) is 3.88. The molecule has 1 aliphatic heterocycles. The zero-order chi connectivity index (χ0) is 21.3. The highest BCUT2D eigenvalue weighted by atomic mass is 16.6. The molecule has 1 nitrogen and oxygen atoms in total. The highest BCUT2D eigenvalue weighted by Gasteiger charge is 2.46. The van der Waals surface area contributed by atoms with Crippen LogP contribution in [0.15, 0.2) is 59.2 Å². The van der Waals surface area contributed by atoms with Gasteiger partial charge >= 0.3 is 0 Å². The minimum Gasteiger partial charge on any atom is -0.367 e. The molecule has 160 valence electrons. The first-order chi connectivity index (χ1) is 13.8. The van der Waals surface area contributed by atoms with Crippen molar-refractivity contribution in [1.82, 2.24) is 0 Å². The van der Waals surface area contributed by atoms with Crippen LogP contribution in [-0.2, 0) is 17.6 Å². The summed E-state index contributed by atoms with van der Waals surface area (Å²) in [7, 11) is 0. The minimum atomic E-state index is 0.123. The zero-order valence-electron chi connectivity index (χ0n) is 19.7. The van der Waals surface area contributed by atoms with Gasteiger partial charge in [0.15, 0.2) is 0 Å². The van der Waals surface area contributed by atoms with Crippen molar-refractivity contribution in [3.05, 3.63) is 70.3 Å². The van der Waals surface area contributed by atoms with Crippen molar-refractivity contribution in [3.63, 3.8) is 0 Å². The van der Waals surface area contributed by atoms with Gasteiger partial charge < -0.3 is 4.74 Å². The monoisotopic (exact) mass is 394 g/mol. The maximum absolute atomic E-state index is 5.70. The third-order valence-electron chi connectivity index (χ3n) is 5.99. The van der Waals surface area contributed by atoms with E-state index in [1.54, 1.807) is 0 Å². The van der Waals surface area contributed by atoms with E-state index in [-0.39, 0.29) is 5.60 Å². The number of hydrogen-bond acceptors (Lipinski definition) is 1. The first kappa shape index (κ1) is 23.7. The fourth-order valence-electron chi connectivity index (χ4n) is 3.88. The molecule has 0 radical (unpaired) electrons. The molecule has 1 aromatic rings. The Labute approximate surface area is 179 Å². The van der Waals surface area contributed by atoms with Gasteiger partial charge in [0, 0.05) is 0 Å². The zero-order valence-corrected chi connectivity index (χ0v) is 19.7. The summed E-state index contributed by atoms with van der Waals surface area (Å²) < 4.78 is 5.70. The van der Waals surface area contributed by atoms with Gasteiger partial charge in [-0.05, 0) is 104 Å². The fraction of sp³-hybridized carbons (Fsp3) is 0.571. The number of ether oxygens (including phenoxy) is 1. The predicted molar refractivity (Wildman–Crippen MR) is 127 cm³/mol. The molecule has 1 aromatic carbocycles. The van der Waals surface area contributed by atoms with Gasteiger partial charge in [0.2, 0.25) is 0 Å². The molecule has 0 spiro atoms. The number of hydrogen-bond donors (Lipinski definition) is 0. The van der Waals surface area contributed by atoms with Crippen LogP contribution < -0.4 is 0 Å². The average molecular weight is 395 g/mol. The number of epoxide rings is 1. The van der Waals surface area contributed by atoms with Crippen molar-refractivity contribution in [1.29, 1.82) is 0 Å². The second kappa shape index (κ2) is 11.6. The lowest BCUT2D eigenvalue weighted by atomic mass is 9.97. The van der Waals surface area contributed by atoms with E-state index in [1.165, 1.54) is 34.3 Å². The average Bonchev–Trinajstić information content (AvgIpc) is 3.27. The summed E-state index contributed by atoms with van der Waals surface area (Å²) in [6.07, 6.45) is 16.9. The quantitative estimate of drug-likeness (QED) is 0.257. The largest absolute Gasteiger partial charge is 0.367 e. The van der Waals surface area contributed by atoms with Crippen molar-refractivity contribution < 1.29 is 4.74 Å². The molecule has 1 heteroatoms. The van der Waals surface area contributed by atoms with E-state index in [1.807, 2.05) is 0 Å². The molecular weight excluding hydrogens is 352 g/mol. The van der Waals surface area contributed by atoms with Crippen molar-refractivity contribution >= 4 is 0 Å². The molecule has 0 saturated carbocycles. The maximum Gasteiger partial charge on any atom is 0.0892 e. The molecule has 2 rings (SSSR count). The van der Waals surface area contributed by atoms with Gasteiger partial charge in [-0.25, -0.2) is 0 Å². The Bertz CT molecular complexity index is 728. The van der Waals surface area contributed by atoms with Crippen LogP contribution in [0.1, 0.15) is 91.2 Å². The van der Waals surface area contributed by atoms with Crippen LogP contribution >= 0.6 is 0 Å². The first-order valence-electron chi connectivity index (χ1n) is 11.5. The van der Waals surface area contributed by atoms with Gasteiger partial charge in [-0.3, -0.25) is 0 Å². The summed E-state index contributed by atoms with van der Waals surface area (Å²) in [5, 5.41) is 0. The minimum absolute atomic E-state index is 0.123. The van der Waals surface area contributed by atoms with E-state index in [0.717, 1.165) is 44.9 Å². The van der Waals surface area contributed by atoms with Crippen LogP contribution in [0.3, 0.4) is 0 Å². The molecule has 0 unspecified atom stereocenters. The van der Waals surface area contributed by atoms with Crippen LogP contribution in [-0.4, -0.2) is 11.7 Å². The first-order valence-corrected chi connectivity index (χ1v) is 11.5. The lowest BCUT2D eigenvalue weighted by Gasteiger charge is -2.08. The molecule has 0 amide bonds. The second-order valence-corrected chi connectivity index (χ2v) is 9.52. The normalized spacial score (nSPS) is 18.6. The van der Waals surface area contributed by atoms with Crippen molar-refractivity contribution in [2.45, 2.75) is 105 Å². The van der Waals surface area contributed by atoms with Crippen molar-refractivity contribution in [2.24, 2.45) is 0 Å². The Hall–Kier alpha value is -1.60.